The summed E-state index contributed by atoms with van der Waals surface area (Å²) in [6.45, 7) is 3.62. The normalized spacial score (nSPS) is 19.1. The Bertz CT molecular complexity index is 910. The van der Waals surface area contributed by atoms with Crippen molar-refractivity contribution in [2.24, 2.45) is 5.92 Å². The third-order valence-electron chi connectivity index (χ3n) is 5.77. The summed E-state index contributed by atoms with van der Waals surface area (Å²) in [5.74, 6) is 0.142. The van der Waals surface area contributed by atoms with Gasteiger partial charge in [-0.25, -0.2) is 9.18 Å². The first-order valence-corrected chi connectivity index (χ1v) is 10.4. The van der Waals surface area contributed by atoms with E-state index in [9.17, 15) is 14.0 Å². The SMILES string of the molecule is CC[C@@H]1CN(C(=O)N2CCC(C(=O)Nc3ccc(F)cc3)CC2)c2ccccc2O1. The Morgan fingerprint density at radius 1 is 1.10 bits per heavy atom. The Morgan fingerprint density at radius 2 is 1.80 bits per heavy atom. The molecule has 6 nitrogen and oxygen atoms in total. The summed E-state index contributed by atoms with van der Waals surface area (Å²) in [6.07, 6.45) is 2.00. The van der Waals surface area contributed by atoms with E-state index in [1.54, 1.807) is 17.0 Å². The minimum Gasteiger partial charge on any atom is -0.486 e. The number of fused-ring (bicyclic) bond motifs is 1. The van der Waals surface area contributed by atoms with E-state index >= 15 is 0 Å². The molecule has 0 unspecified atom stereocenters. The molecule has 2 heterocycles. The maximum absolute atomic E-state index is 13.2. The molecule has 2 aromatic rings. The number of halogens is 1. The number of carbonyl (C=O) groups is 2. The molecule has 0 aliphatic carbocycles. The van der Waals surface area contributed by atoms with Gasteiger partial charge in [0.1, 0.15) is 17.7 Å². The monoisotopic (exact) mass is 411 g/mol. The molecule has 3 amide bonds. The number of hydrogen-bond donors (Lipinski definition) is 1. The van der Waals surface area contributed by atoms with Crippen molar-refractivity contribution in [3.8, 4) is 5.75 Å². The Morgan fingerprint density at radius 3 is 2.50 bits per heavy atom. The zero-order valence-electron chi connectivity index (χ0n) is 17.0. The molecule has 2 aliphatic heterocycles. The van der Waals surface area contributed by atoms with Crippen LogP contribution in [0.15, 0.2) is 48.5 Å². The molecule has 4 rings (SSSR count). The number of urea groups is 1. The smallest absolute Gasteiger partial charge is 0.324 e. The Balaban J connectivity index is 1.37. The molecule has 1 saturated heterocycles. The van der Waals surface area contributed by atoms with E-state index in [4.69, 9.17) is 4.74 Å². The summed E-state index contributed by atoms with van der Waals surface area (Å²) < 4.78 is 19.0. The predicted molar refractivity (Wildman–Crippen MR) is 113 cm³/mol. The molecule has 0 spiro atoms. The number of amides is 3. The average molecular weight is 411 g/mol. The second kappa shape index (κ2) is 8.73. The van der Waals surface area contributed by atoms with Crippen LogP contribution in [-0.4, -0.2) is 42.6 Å². The van der Waals surface area contributed by atoms with Gasteiger partial charge in [-0.3, -0.25) is 9.69 Å². The molecular formula is C23H26FN3O3. The van der Waals surface area contributed by atoms with E-state index in [0.29, 0.717) is 38.2 Å². The van der Waals surface area contributed by atoms with Gasteiger partial charge in [0.05, 0.1) is 12.2 Å². The van der Waals surface area contributed by atoms with E-state index in [-0.39, 0.29) is 29.8 Å². The van der Waals surface area contributed by atoms with Crippen LogP contribution < -0.4 is 15.0 Å². The maximum atomic E-state index is 13.2. The number of nitrogens with zero attached hydrogens (tertiary/aromatic N) is 2. The van der Waals surface area contributed by atoms with Crippen LogP contribution in [-0.2, 0) is 4.79 Å². The number of nitrogens with one attached hydrogen (secondary N) is 1. The Labute approximate surface area is 175 Å². The van der Waals surface area contributed by atoms with E-state index in [0.717, 1.165) is 17.9 Å². The van der Waals surface area contributed by atoms with Crippen LogP contribution in [0.5, 0.6) is 5.75 Å². The fourth-order valence-electron chi connectivity index (χ4n) is 3.97. The van der Waals surface area contributed by atoms with E-state index in [2.05, 4.69) is 5.32 Å². The standard InChI is InChI=1S/C23H26FN3O3/c1-2-19-15-27(20-5-3-4-6-21(20)30-19)23(29)26-13-11-16(12-14-26)22(28)25-18-9-7-17(24)8-10-18/h3-10,16,19H,2,11-15H2,1H3,(H,25,28)/t19-/m1/s1. The van der Waals surface area contributed by atoms with Crippen molar-refractivity contribution in [2.45, 2.75) is 32.3 Å². The number of carbonyl (C=O) groups excluding carboxylic acids is 2. The fraction of sp³-hybridized carbons (Fsp3) is 0.391. The molecule has 7 heteroatoms. The highest BCUT2D eigenvalue weighted by atomic mass is 19.1. The molecule has 158 valence electrons. The van der Waals surface area contributed by atoms with E-state index in [1.165, 1.54) is 12.1 Å². The van der Waals surface area contributed by atoms with Crippen molar-refractivity contribution in [3.63, 3.8) is 0 Å². The molecular weight excluding hydrogens is 385 g/mol. The van der Waals surface area contributed by atoms with Crippen LogP contribution in [0.1, 0.15) is 26.2 Å². The van der Waals surface area contributed by atoms with Crippen molar-refractivity contribution < 1.29 is 18.7 Å². The molecule has 1 N–H and O–H groups in total. The molecule has 30 heavy (non-hydrogen) atoms. The highest BCUT2D eigenvalue weighted by Crippen LogP contribution is 2.35. The van der Waals surface area contributed by atoms with Gasteiger partial charge in [0.15, 0.2) is 0 Å². The van der Waals surface area contributed by atoms with Crippen molar-refractivity contribution in [2.75, 3.05) is 29.9 Å². The summed E-state index contributed by atoms with van der Waals surface area (Å²) >= 11 is 0. The number of hydrogen-bond acceptors (Lipinski definition) is 3. The predicted octanol–water partition coefficient (Wildman–Crippen LogP) is 4.27. The highest BCUT2D eigenvalue weighted by molar-refractivity contribution is 5.95. The largest absolute Gasteiger partial charge is 0.486 e. The van der Waals surface area contributed by atoms with Gasteiger partial charge in [-0.1, -0.05) is 19.1 Å². The minimum atomic E-state index is -0.338. The number of ether oxygens (including phenoxy) is 1. The third kappa shape index (κ3) is 4.25. The zero-order chi connectivity index (χ0) is 21.1. The van der Waals surface area contributed by atoms with Gasteiger partial charge in [-0.2, -0.15) is 0 Å². The summed E-state index contributed by atoms with van der Waals surface area (Å²) in [5, 5.41) is 2.84. The van der Waals surface area contributed by atoms with E-state index < -0.39 is 0 Å². The second-order valence-electron chi connectivity index (χ2n) is 7.77. The van der Waals surface area contributed by atoms with Crippen LogP contribution in [0.3, 0.4) is 0 Å². The van der Waals surface area contributed by atoms with Crippen molar-refractivity contribution in [3.05, 3.63) is 54.3 Å². The van der Waals surface area contributed by atoms with Crippen molar-refractivity contribution in [1.82, 2.24) is 4.90 Å². The average Bonchev–Trinajstić information content (AvgIpc) is 2.79. The molecule has 0 bridgehead atoms. The van der Waals surface area contributed by atoms with Crippen LogP contribution >= 0.6 is 0 Å². The van der Waals surface area contributed by atoms with Gasteiger partial charge in [-0.15, -0.1) is 0 Å². The Kier molecular flexibility index (Phi) is 5.88. The summed E-state index contributed by atoms with van der Waals surface area (Å²) in [5.41, 5.74) is 1.37. The molecule has 0 radical (unpaired) electrons. The van der Waals surface area contributed by atoms with Gasteiger partial charge in [0.2, 0.25) is 5.91 Å². The van der Waals surface area contributed by atoms with Crippen LogP contribution in [0.4, 0.5) is 20.6 Å². The quantitative estimate of drug-likeness (QED) is 0.820. The van der Waals surface area contributed by atoms with Crippen molar-refractivity contribution >= 4 is 23.3 Å². The van der Waals surface area contributed by atoms with Gasteiger partial charge in [0.25, 0.3) is 0 Å². The second-order valence-corrected chi connectivity index (χ2v) is 7.77. The van der Waals surface area contributed by atoms with E-state index in [1.807, 2.05) is 36.1 Å². The third-order valence-corrected chi connectivity index (χ3v) is 5.77. The summed E-state index contributed by atoms with van der Waals surface area (Å²) in [6, 6.07) is 13.3. The van der Waals surface area contributed by atoms with Crippen molar-refractivity contribution in [1.29, 1.82) is 0 Å². The molecule has 1 fully saturated rings. The lowest BCUT2D eigenvalue weighted by atomic mass is 9.96. The number of likely N-dealkylation sites (tertiary alicyclic amines) is 1. The van der Waals surface area contributed by atoms with Gasteiger partial charge < -0.3 is 15.0 Å². The number of rotatable bonds is 3. The molecule has 1 atom stereocenters. The van der Waals surface area contributed by atoms with Crippen LogP contribution in [0.2, 0.25) is 0 Å². The highest BCUT2D eigenvalue weighted by Gasteiger charge is 2.34. The number of para-hydroxylation sites is 2. The molecule has 0 saturated carbocycles. The van der Waals surface area contributed by atoms with Gasteiger partial charge in [0, 0.05) is 24.7 Å². The first-order valence-electron chi connectivity index (χ1n) is 10.4. The number of benzene rings is 2. The minimum absolute atomic E-state index is 0.0251. The lowest BCUT2D eigenvalue weighted by Crippen LogP contribution is -2.52. The van der Waals surface area contributed by atoms with Crippen LogP contribution in [0.25, 0.3) is 0 Å². The first kappa shape index (κ1) is 20.2. The first-order chi connectivity index (χ1) is 14.5. The molecule has 2 aliphatic rings. The number of piperidine rings is 1. The topological polar surface area (TPSA) is 61.9 Å². The number of anilines is 2. The van der Waals surface area contributed by atoms with Gasteiger partial charge >= 0.3 is 6.03 Å². The summed E-state index contributed by atoms with van der Waals surface area (Å²) in [7, 11) is 0. The lowest BCUT2D eigenvalue weighted by Gasteiger charge is -2.39. The molecule has 0 aromatic heterocycles. The van der Waals surface area contributed by atoms with Crippen LogP contribution in [0, 0.1) is 11.7 Å². The van der Waals surface area contributed by atoms with Gasteiger partial charge in [-0.05, 0) is 55.7 Å². The Hall–Kier alpha value is -3.09. The zero-order valence-corrected chi connectivity index (χ0v) is 17.0. The maximum Gasteiger partial charge on any atom is 0.324 e. The summed E-state index contributed by atoms with van der Waals surface area (Å²) in [4.78, 5) is 29.4. The molecule has 2 aromatic carbocycles. The fourth-order valence-corrected chi connectivity index (χ4v) is 3.97. The lowest BCUT2D eigenvalue weighted by molar-refractivity contribution is -0.121.